The molecule has 11 heteroatoms. The number of benzene rings is 2. The van der Waals surface area contributed by atoms with Crippen molar-refractivity contribution in [2.24, 2.45) is 5.16 Å². The molecule has 0 fully saturated rings. The first kappa shape index (κ1) is 27.2. The third-order valence-corrected chi connectivity index (χ3v) is 8.78. The molecule has 0 saturated heterocycles. The molecule has 40 heavy (non-hydrogen) atoms. The summed E-state index contributed by atoms with van der Waals surface area (Å²) in [6.45, 7) is 6.07. The Bertz CT molecular complexity index is 1700. The fourth-order valence-electron chi connectivity index (χ4n) is 5.40. The van der Waals surface area contributed by atoms with E-state index in [4.69, 9.17) is 44.3 Å². The van der Waals surface area contributed by atoms with Crippen molar-refractivity contribution in [2.75, 3.05) is 0 Å². The SMILES string of the molecule is CC1(C)OB(O)c2ccc(CNC(=O)c3ccc(C4=NOC(C)(c5cc(Cl)c(Cl)c(Cl)c5)C4)c4cccn34)cc21. The summed E-state index contributed by atoms with van der Waals surface area (Å²) >= 11 is 18.7. The first-order valence-corrected chi connectivity index (χ1v) is 13.9. The molecule has 0 radical (unpaired) electrons. The van der Waals surface area contributed by atoms with Gasteiger partial charge in [-0.15, -0.1) is 0 Å². The largest absolute Gasteiger partial charge is 0.492 e. The highest BCUT2D eigenvalue weighted by atomic mass is 35.5. The Morgan fingerprint density at radius 1 is 1.10 bits per heavy atom. The molecule has 4 aromatic rings. The number of hydrogen-bond acceptors (Lipinski definition) is 5. The lowest BCUT2D eigenvalue weighted by molar-refractivity contribution is -0.00737. The van der Waals surface area contributed by atoms with Crippen molar-refractivity contribution in [1.82, 2.24) is 9.72 Å². The van der Waals surface area contributed by atoms with Gasteiger partial charge in [-0.05, 0) is 73.8 Å². The van der Waals surface area contributed by atoms with Crippen molar-refractivity contribution < 1.29 is 19.3 Å². The molecule has 4 heterocycles. The number of carbonyl (C=O) groups excluding carboxylic acids is 1. The predicted octanol–water partition coefficient (Wildman–Crippen LogP) is 5.82. The predicted molar refractivity (Wildman–Crippen MR) is 158 cm³/mol. The Morgan fingerprint density at radius 3 is 2.60 bits per heavy atom. The van der Waals surface area contributed by atoms with Gasteiger partial charge < -0.3 is 24.2 Å². The van der Waals surface area contributed by atoms with E-state index in [1.807, 2.05) is 67.8 Å². The van der Waals surface area contributed by atoms with Crippen LogP contribution in [0.15, 0.2) is 65.9 Å². The lowest BCUT2D eigenvalue weighted by atomic mass is 9.78. The summed E-state index contributed by atoms with van der Waals surface area (Å²) in [7, 11) is -0.941. The number of rotatable bonds is 5. The number of oxime groups is 1. The molecule has 2 aliphatic rings. The second-order valence-corrected chi connectivity index (χ2v) is 12.0. The average molecular weight is 597 g/mol. The standard InChI is InChI=1S/C29H25BCl3N3O4/c1-28(2)19-11-16(6-8-20(19)30(38)39-28)15-34-27(37)25-9-7-18(24-5-4-10-36(24)25)23-14-29(3,40-35-23)17-12-21(31)26(33)22(32)13-17/h4-13,38H,14-15H2,1-3H3,(H,34,37). The molecule has 0 bridgehead atoms. The van der Waals surface area contributed by atoms with Gasteiger partial charge in [0.2, 0.25) is 0 Å². The van der Waals surface area contributed by atoms with Gasteiger partial charge >= 0.3 is 7.12 Å². The molecule has 2 aliphatic heterocycles. The smallest absolute Gasteiger partial charge is 0.423 e. The number of aromatic nitrogens is 1. The fraction of sp³-hybridized carbons (Fsp3) is 0.241. The molecule has 0 spiro atoms. The van der Waals surface area contributed by atoms with Gasteiger partial charge in [0, 0.05) is 30.3 Å². The third kappa shape index (κ3) is 4.58. The van der Waals surface area contributed by atoms with Gasteiger partial charge in [0.1, 0.15) is 5.69 Å². The van der Waals surface area contributed by atoms with Gasteiger partial charge in [0.25, 0.3) is 5.91 Å². The van der Waals surface area contributed by atoms with Crippen molar-refractivity contribution in [2.45, 2.75) is 44.9 Å². The van der Waals surface area contributed by atoms with Gasteiger partial charge in [0.15, 0.2) is 5.60 Å². The summed E-state index contributed by atoms with van der Waals surface area (Å²) in [5.74, 6) is -0.219. The summed E-state index contributed by atoms with van der Waals surface area (Å²) in [4.78, 5) is 19.2. The van der Waals surface area contributed by atoms with Gasteiger partial charge in [-0.3, -0.25) is 4.79 Å². The average Bonchev–Trinajstić information content (AvgIpc) is 3.62. The van der Waals surface area contributed by atoms with E-state index >= 15 is 0 Å². The molecule has 2 aromatic carbocycles. The summed E-state index contributed by atoms with van der Waals surface area (Å²) in [5.41, 5.74) is 4.89. The van der Waals surface area contributed by atoms with Crippen molar-refractivity contribution in [3.8, 4) is 0 Å². The number of fused-ring (bicyclic) bond motifs is 2. The number of hydrogen-bond donors (Lipinski definition) is 2. The topological polar surface area (TPSA) is 84.6 Å². The Hall–Kier alpha value is -3.01. The van der Waals surface area contributed by atoms with E-state index in [0.29, 0.717) is 33.7 Å². The molecule has 1 amide bonds. The second-order valence-electron chi connectivity index (χ2n) is 10.8. The Morgan fingerprint density at radius 2 is 1.85 bits per heavy atom. The van der Waals surface area contributed by atoms with Gasteiger partial charge in [-0.2, -0.15) is 0 Å². The van der Waals surface area contributed by atoms with Crippen LogP contribution in [0, 0.1) is 0 Å². The zero-order chi connectivity index (χ0) is 28.4. The van der Waals surface area contributed by atoms with Gasteiger partial charge in [0.05, 0.1) is 31.9 Å². The number of nitrogens with one attached hydrogen (secondary N) is 1. The van der Waals surface area contributed by atoms with E-state index in [1.165, 1.54) is 0 Å². The van der Waals surface area contributed by atoms with Crippen LogP contribution in [0.1, 0.15) is 59.9 Å². The Labute approximate surface area is 246 Å². The molecule has 6 rings (SSSR count). The Balaban J connectivity index is 1.22. The molecule has 1 unspecified atom stereocenters. The second kappa shape index (κ2) is 9.82. The lowest BCUT2D eigenvalue weighted by Crippen LogP contribution is -2.29. The van der Waals surface area contributed by atoms with E-state index in [9.17, 15) is 9.82 Å². The molecular weight excluding hydrogens is 572 g/mol. The van der Waals surface area contributed by atoms with Crippen molar-refractivity contribution in [1.29, 1.82) is 0 Å². The van der Waals surface area contributed by atoms with Crippen LogP contribution in [-0.2, 0) is 27.2 Å². The van der Waals surface area contributed by atoms with E-state index in [-0.39, 0.29) is 5.91 Å². The van der Waals surface area contributed by atoms with Crippen LogP contribution in [0.4, 0.5) is 0 Å². The maximum Gasteiger partial charge on any atom is 0.492 e. The van der Waals surface area contributed by atoms with E-state index in [0.717, 1.165) is 38.9 Å². The van der Waals surface area contributed by atoms with Crippen LogP contribution < -0.4 is 10.8 Å². The summed E-state index contributed by atoms with van der Waals surface area (Å²) in [6, 6.07) is 16.7. The van der Waals surface area contributed by atoms with Crippen LogP contribution in [-0.4, -0.2) is 28.2 Å². The van der Waals surface area contributed by atoms with Crippen LogP contribution in [0.5, 0.6) is 0 Å². The summed E-state index contributed by atoms with van der Waals surface area (Å²) in [5, 5.41) is 18.6. The molecule has 204 valence electrons. The number of pyridine rings is 1. The highest BCUT2D eigenvalue weighted by Crippen LogP contribution is 2.41. The number of carbonyl (C=O) groups is 1. The highest BCUT2D eigenvalue weighted by Gasteiger charge is 2.41. The zero-order valence-corrected chi connectivity index (χ0v) is 24.2. The molecule has 2 N–H and O–H groups in total. The Kier molecular flexibility index (Phi) is 6.67. The van der Waals surface area contributed by atoms with E-state index in [2.05, 4.69) is 10.5 Å². The first-order valence-electron chi connectivity index (χ1n) is 12.7. The summed E-state index contributed by atoms with van der Waals surface area (Å²) < 4.78 is 7.49. The highest BCUT2D eigenvalue weighted by molar-refractivity contribution is 6.62. The zero-order valence-electron chi connectivity index (χ0n) is 22.0. The fourth-order valence-corrected chi connectivity index (χ4v) is 5.99. The molecule has 0 aliphatic carbocycles. The van der Waals surface area contributed by atoms with Gasteiger partial charge in [-0.1, -0.05) is 58.2 Å². The van der Waals surface area contributed by atoms with Gasteiger partial charge in [-0.25, -0.2) is 0 Å². The third-order valence-electron chi connectivity index (χ3n) is 7.58. The molecule has 7 nitrogen and oxygen atoms in total. The quantitative estimate of drug-likeness (QED) is 0.225. The molecule has 0 saturated carbocycles. The summed E-state index contributed by atoms with van der Waals surface area (Å²) in [6.07, 6.45) is 2.32. The maximum atomic E-state index is 13.3. The van der Waals surface area contributed by atoms with Crippen LogP contribution in [0.25, 0.3) is 5.52 Å². The van der Waals surface area contributed by atoms with Crippen molar-refractivity contribution in [3.63, 3.8) is 0 Å². The minimum atomic E-state index is -0.941. The van der Waals surface area contributed by atoms with Crippen LogP contribution in [0.2, 0.25) is 15.1 Å². The van der Waals surface area contributed by atoms with E-state index in [1.54, 1.807) is 18.2 Å². The monoisotopic (exact) mass is 595 g/mol. The van der Waals surface area contributed by atoms with Crippen LogP contribution >= 0.6 is 34.8 Å². The number of amides is 1. The molecule has 1 atom stereocenters. The normalized spacial score (nSPS) is 19.5. The molecule has 2 aromatic heterocycles. The van der Waals surface area contributed by atoms with Crippen molar-refractivity contribution >= 4 is 64.5 Å². The minimum Gasteiger partial charge on any atom is -0.423 e. The van der Waals surface area contributed by atoms with Crippen LogP contribution in [0.3, 0.4) is 0 Å². The number of nitrogens with zero attached hydrogens (tertiary/aromatic N) is 2. The minimum absolute atomic E-state index is 0.219. The lowest BCUT2D eigenvalue weighted by Gasteiger charge is -2.23. The van der Waals surface area contributed by atoms with Crippen molar-refractivity contribution in [3.05, 3.63) is 104 Å². The van der Waals surface area contributed by atoms with E-state index < -0.39 is 18.3 Å². The first-order chi connectivity index (χ1) is 19.0. The maximum absolute atomic E-state index is 13.3. The molecular formula is C29H25BCl3N3O4. The number of halogens is 3.